The first-order valence-corrected chi connectivity index (χ1v) is 13.6. The number of methoxy groups -OCH3 is 1. The highest BCUT2D eigenvalue weighted by atomic mass is 16.7. The molecular weight excluding hydrogens is 542 g/mol. The third kappa shape index (κ3) is 5.48. The van der Waals surface area contributed by atoms with Gasteiger partial charge in [-0.05, 0) is 54.8 Å². The van der Waals surface area contributed by atoms with Gasteiger partial charge in [0.1, 0.15) is 18.1 Å². The molecule has 216 valence electrons. The molecule has 2 unspecified atom stereocenters. The molecule has 3 aromatic carbocycles. The van der Waals surface area contributed by atoms with Crippen LogP contribution in [0.3, 0.4) is 0 Å². The molecule has 1 aromatic heterocycles. The van der Waals surface area contributed by atoms with Gasteiger partial charge < -0.3 is 24.3 Å². The molecule has 1 N–H and O–H groups in total. The minimum Gasteiger partial charge on any atom is -0.465 e. The minimum absolute atomic E-state index is 0.0535. The molecule has 0 radical (unpaired) electrons. The number of hydrogen-bond acceptors (Lipinski definition) is 9. The van der Waals surface area contributed by atoms with Crippen molar-refractivity contribution in [3.05, 3.63) is 77.9 Å². The fourth-order valence-electron chi connectivity index (χ4n) is 5.16. The van der Waals surface area contributed by atoms with E-state index >= 15 is 0 Å². The van der Waals surface area contributed by atoms with Gasteiger partial charge in [0.05, 0.1) is 24.3 Å². The van der Waals surface area contributed by atoms with E-state index < -0.39 is 23.8 Å². The Morgan fingerprint density at radius 2 is 1.88 bits per heavy atom. The van der Waals surface area contributed by atoms with Crippen LogP contribution in [0.5, 0.6) is 11.5 Å². The monoisotopic (exact) mass is 571 g/mol. The van der Waals surface area contributed by atoms with Gasteiger partial charge in [-0.3, -0.25) is 14.5 Å². The Balaban J connectivity index is 1.41. The Bertz CT molecular complexity index is 1610. The summed E-state index contributed by atoms with van der Waals surface area (Å²) in [5.74, 6) is -0.349. The number of esters is 1. The van der Waals surface area contributed by atoms with Crippen LogP contribution in [0, 0.1) is 0 Å². The topological polar surface area (TPSA) is 134 Å². The summed E-state index contributed by atoms with van der Waals surface area (Å²) in [6.45, 7) is 0.807. The summed E-state index contributed by atoms with van der Waals surface area (Å²) in [4.78, 5) is 41.8. The zero-order valence-electron chi connectivity index (χ0n) is 22.9. The number of rotatable bonds is 9. The fourth-order valence-corrected chi connectivity index (χ4v) is 5.16. The maximum absolute atomic E-state index is 14.2. The minimum atomic E-state index is -1.11. The predicted molar refractivity (Wildman–Crippen MR) is 150 cm³/mol. The normalized spacial score (nSPS) is 16.3. The van der Waals surface area contributed by atoms with Gasteiger partial charge in [-0.15, -0.1) is 5.10 Å². The van der Waals surface area contributed by atoms with Gasteiger partial charge in [-0.1, -0.05) is 29.5 Å². The molecule has 2 aliphatic heterocycles. The van der Waals surface area contributed by atoms with E-state index in [-0.39, 0.29) is 19.4 Å². The number of anilines is 1. The predicted octanol–water partition coefficient (Wildman–Crippen LogP) is 3.02. The molecule has 42 heavy (non-hydrogen) atoms. The van der Waals surface area contributed by atoms with Crippen LogP contribution in [0.1, 0.15) is 34.8 Å². The molecule has 0 aliphatic carbocycles. The number of benzene rings is 3. The van der Waals surface area contributed by atoms with E-state index in [0.29, 0.717) is 52.5 Å². The van der Waals surface area contributed by atoms with Crippen LogP contribution in [-0.2, 0) is 25.6 Å². The van der Waals surface area contributed by atoms with Crippen molar-refractivity contribution in [2.24, 2.45) is 0 Å². The average Bonchev–Trinajstić information content (AvgIpc) is 3.80. The van der Waals surface area contributed by atoms with Crippen molar-refractivity contribution in [1.82, 2.24) is 20.3 Å². The van der Waals surface area contributed by atoms with Crippen LogP contribution in [-0.4, -0.2) is 65.9 Å². The quantitative estimate of drug-likeness (QED) is 0.301. The summed E-state index contributed by atoms with van der Waals surface area (Å²) in [6.07, 6.45) is 1.66. The third-order valence-electron chi connectivity index (χ3n) is 7.29. The number of para-hydroxylation sites is 1. The van der Waals surface area contributed by atoms with Gasteiger partial charge in [0.2, 0.25) is 18.6 Å². The molecule has 0 bridgehead atoms. The van der Waals surface area contributed by atoms with E-state index in [1.807, 2.05) is 24.3 Å². The lowest BCUT2D eigenvalue weighted by Gasteiger charge is -2.32. The number of ether oxygens (including phenoxy) is 4. The second kappa shape index (κ2) is 11.9. The van der Waals surface area contributed by atoms with E-state index in [4.69, 9.17) is 18.9 Å². The Morgan fingerprint density at radius 1 is 1.07 bits per heavy atom. The van der Waals surface area contributed by atoms with Crippen molar-refractivity contribution in [2.75, 3.05) is 32.0 Å². The molecule has 3 heterocycles. The molecule has 6 rings (SSSR count). The second-order valence-electron chi connectivity index (χ2n) is 9.93. The molecule has 1 fully saturated rings. The lowest BCUT2D eigenvalue weighted by Crippen LogP contribution is -2.46. The Morgan fingerprint density at radius 3 is 2.67 bits per heavy atom. The van der Waals surface area contributed by atoms with Crippen LogP contribution >= 0.6 is 0 Å². The van der Waals surface area contributed by atoms with Crippen LogP contribution < -0.4 is 19.7 Å². The Kier molecular flexibility index (Phi) is 7.69. The van der Waals surface area contributed by atoms with Crippen LogP contribution in [0.15, 0.2) is 66.7 Å². The molecule has 2 amide bonds. The van der Waals surface area contributed by atoms with Crippen LogP contribution in [0.2, 0.25) is 0 Å². The summed E-state index contributed by atoms with van der Waals surface area (Å²) in [6, 6.07) is 17.7. The Hall–Kier alpha value is -4.97. The molecule has 12 heteroatoms. The number of nitrogens with zero attached hydrogens (tertiary/aromatic N) is 4. The lowest BCUT2D eigenvalue weighted by molar-refractivity contribution is -0.127. The first-order valence-electron chi connectivity index (χ1n) is 13.6. The zero-order chi connectivity index (χ0) is 29.1. The van der Waals surface area contributed by atoms with Gasteiger partial charge >= 0.3 is 5.97 Å². The number of carbonyl (C=O) groups excluding carboxylic acids is 3. The summed E-state index contributed by atoms with van der Waals surface area (Å²) in [5.41, 5.74) is 2.54. The maximum Gasteiger partial charge on any atom is 0.337 e. The summed E-state index contributed by atoms with van der Waals surface area (Å²) >= 11 is 0. The van der Waals surface area contributed by atoms with Crippen molar-refractivity contribution in [2.45, 2.75) is 31.5 Å². The molecular formula is C30H29N5O7. The number of carbonyl (C=O) groups is 3. The largest absolute Gasteiger partial charge is 0.465 e. The molecule has 0 saturated carbocycles. The van der Waals surface area contributed by atoms with Gasteiger partial charge in [0, 0.05) is 24.9 Å². The van der Waals surface area contributed by atoms with E-state index in [1.54, 1.807) is 42.5 Å². The molecule has 4 aromatic rings. The van der Waals surface area contributed by atoms with Crippen molar-refractivity contribution in [1.29, 1.82) is 0 Å². The highest BCUT2D eigenvalue weighted by molar-refractivity contribution is 6.02. The van der Waals surface area contributed by atoms with Crippen molar-refractivity contribution in [3.63, 3.8) is 0 Å². The first-order chi connectivity index (χ1) is 20.5. The van der Waals surface area contributed by atoms with Crippen molar-refractivity contribution >= 4 is 34.5 Å². The summed E-state index contributed by atoms with van der Waals surface area (Å²) < 4.78 is 23.1. The zero-order valence-corrected chi connectivity index (χ0v) is 22.9. The van der Waals surface area contributed by atoms with Crippen molar-refractivity contribution in [3.8, 4) is 11.5 Å². The molecule has 12 nitrogen and oxygen atoms in total. The SMILES string of the molecule is COC(=O)c1ccc(C(C(=O)NCC2CCCO2)N(C(=O)Cn2nnc3ccccc32)c2ccc3c(c2)OCO3)cc1. The van der Waals surface area contributed by atoms with Crippen molar-refractivity contribution < 1.29 is 33.3 Å². The lowest BCUT2D eigenvalue weighted by atomic mass is 10.0. The van der Waals surface area contributed by atoms with Gasteiger partial charge in [-0.25, -0.2) is 9.48 Å². The maximum atomic E-state index is 14.2. The smallest absolute Gasteiger partial charge is 0.337 e. The Labute approximate surface area is 241 Å². The number of hydrogen-bond donors (Lipinski definition) is 1. The summed E-state index contributed by atoms with van der Waals surface area (Å²) in [7, 11) is 1.30. The highest BCUT2D eigenvalue weighted by Crippen LogP contribution is 2.38. The van der Waals surface area contributed by atoms with E-state index in [1.165, 1.54) is 16.7 Å². The number of fused-ring (bicyclic) bond motifs is 2. The van der Waals surface area contributed by atoms with Gasteiger partial charge in [0.15, 0.2) is 11.5 Å². The number of aromatic nitrogens is 3. The van der Waals surface area contributed by atoms with Crippen LogP contribution in [0.4, 0.5) is 5.69 Å². The van der Waals surface area contributed by atoms with Gasteiger partial charge in [0.25, 0.3) is 0 Å². The number of nitrogens with one attached hydrogen (secondary N) is 1. The third-order valence-corrected chi connectivity index (χ3v) is 7.29. The molecule has 0 spiro atoms. The van der Waals surface area contributed by atoms with Crippen LogP contribution in [0.25, 0.3) is 11.0 Å². The fraction of sp³-hybridized carbons (Fsp3) is 0.300. The highest BCUT2D eigenvalue weighted by Gasteiger charge is 2.35. The first kappa shape index (κ1) is 27.2. The van der Waals surface area contributed by atoms with E-state index in [2.05, 4.69) is 15.6 Å². The second-order valence-corrected chi connectivity index (χ2v) is 9.93. The van der Waals surface area contributed by atoms with Gasteiger partial charge in [-0.2, -0.15) is 0 Å². The van der Waals surface area contributed by atoms with E-state index in [0.717, 1.165) is 12.8 Å². The molecule has 2 atom stereocenters. The average molecular weight is 572 g/mol. The standard InChI is InChI=1S/C30H29N5O7/c1-39-30(38)20-10-8-19(9-11-20)28(29(37)31-16-22-5-4-14-40-22)35(21-12-13-25-26(15-21)42-18-41-25)27(36)17-34-24-7-3-2-6-23(24)32-33-34/h2-3,6-13,15,22,28H,4-5,14,16-18H2,1H3,(H,31,37). The van der Waals surface area contributed by atoms with E-state index in [9.17, 15) is 14.4 Å². The number of amides is 2. The summed E-state index contributed by atoms with van der Waals surface area (Å²) in [5, 5.41) is 11.3. The molecule has 1 saturated heterocycles. The molecule has 2 aliphatic rings.